The fraction of sp³-hybridized carbons (Fsp3) is 0.917. The molecule has 0 aromatic carbocycles. The molecule has 0 fully saturated rings. The van der Waals surface area contributed by atoms with E-state index in [4.69, 9.17) is 5.11 Å². The Morgan fingerprint density at radius 1 is 1.27 bits per heavy atom. The van der Waals surface area contributed by atoms with Crippen LogP contribution in [0.2, 0.25) is 0 Å². The second kappa shape index (κ2) is 7.69. The second-order valence-electron chi connectivity index (χ2n) is 4.91. The predicted molar refractivity (Wildman–Crippen MR) is 62.5 cm³/mol. The summed E-state index contributed by atoms with van der Waals surface area (Å²) in [4.78, 5) is 11.4. The topological polar surface area (TPSA) is 49.3 Å². The van der Waals surface area contributed by atoms with Crippen molar-refractivity contribution in [3.05, 3.63) is 0 Å². The quantitative estimate of drug-likeness (QED) is 0.680. The van der Waals surface area contributed by atoms with E-state index in [-0.39, 0.29) is 18.4 Å². The van der Waals surface area contributed by atoms with Crippen molar-refractivity contribution in [2.75, 3.05) is 13.2 Å². The minimum Gasteiger partial charge on any atom is -0.396 e. The van der Waals surface area contributed by atoms with Crippen LogP contribution in [0.15, 0.2) is 0 Å². The lowest BCUT2D eigenvalue weighted by Crippen LogP contribution is -2.33. The average Bonchev–Trinajstić information content (AvgIpc) is 2.13. The molecule has 1 atom stereocenters. The maximum absolute atomic E-state index is 11.4. The van der Waals surface area contributed by atoms with Crippen LogP contribution in [0.5, 0.6) is 0 Å². The first-order valence-electron chi connectivity index (χ1n) is 5.85. The smallest absolute Gasteiger partial charge is 0.222 e. The number of carbonyl (C=O) groups is 1. The van der Waals surface area contributed by atoms with Crippen LogP contribution in [0.25, 0.3) is 0 Å². The Bertz CT molecular complexity index is 178. The first-order valence-corrected chi connectivity index (χ1v) is 5.85. The van der Waals surface area contributed by atoms with Crippen LogP contribution in [0, 0.1) is 17.8 Å². The summed E-state index contributed by atoms with van der Waals surface area (Å²) in [5.74, 6) is 1.15. The molecule has 3 heteroatoms. The molecule has 90 valence electrons. The van der Waals surface area contributed by atoms with E-state index in [0.29, 0.717) is 18.4 Å². The Morgan fingerprint density at radius 2 is 1.87 bits per heavy atom. The maximum Gasteiger partial charge on any atom is 0.222 e. The Labute approximate surface area is 93.3 Å². The standard InChI is InChI=1S/C12H25NO2/c1-9(2)7-11(5-6-14)8-13-12(15)10(3)4/h9-11,14H,5-8H2,1-4H3,(H,13,15). The highest BCUT2D eigenvalue weighted by molar-refractivity contribution is 5.77. The molecule has 0 bridgehead atoms. The van der Waals surface area contributed by atoms with Gasteiger partial charge in [0.1, 0.15) is 0 Å². The van der Waals surface area contributed by atoms with Gasteiger partial charge in [-0.15, -0.1) is 0 Å². The summed E-state index contributed by atoms with van der Waals surface area (Å²) in [6, 6.07) is 0. The molecule has 0 aliphatic rings. The first kappa shape index (κ1) is 14.4. The number of nitrogens with one attached hydrogen (secondary N) is 1. The minimum atomic E-state index is 0.0406. The van der Waals surface area contributed by atoms with Gasteiger partial charge in [0.15, 0.2) is 0 Å². The third-order valence-corrected chi connectivity index (χ3v) is 2.43. The van der Waals surface area contributed by atoms with Crippen molar-refractivity contribution in [2.24, 2.45) is 17.8 Å². The van der Waals surface area contributed by atoms with E-state index in [1.54, 1.807) is 0 Å². The van der Waals surface area contributed by atoms with Gasteiger partial charge >= 0.3 is 0 Å². The van der Waals surface area contributed by atoms with Crippen LogP contribution in [-0.2, 0) is 4.79 Å². The van der Waals surface area contributed by atoms with E-state index in [2.05, 4.69) is 19.2 Å². The van der Waals surface area contributed by atoms with Gasteiger partial charge in [-0.05, 0) is 24.7 Å². The van der Waals surface area contributed by atoms with Crippen molar-refractivity contribution in [1.29, 1.82) is 0 Å². The summed E-state index contributed by atoms with van der Waals surface area (Å²) < 4.78 is 0. The van der Waals surface area contributed by atoms with Crippen LogP contribution in [0.1, 0.15) is 40.5 Å². The molecule has 3 nitrogen and oxygen atoms in total. The van der Waals surface area contributed by atoms with Gasteiger partial charge in [-0.25, -0.2) is 0 Å². The molecule has 1 unspecified atom stereocenters. The molecule has 1 amide bonds. The maximum atomic E-state index is 11.4. The number of aliphatic hydroxyl groups is 1. The highest BCUT2D eigenvalue weighted by atomic mass is 16.3. The second-order valence-corrected chi connectivity index (χ2v) is 4.91. The van der Waals surface area contributed by atoms with Gasteiger partial charge in [0.05, 0.1) is 0 Å². The zero-order valence-corrected chi connectivity index (χ0v) is 10.4. The average molecular weight is 215 g/mol. The van der Waals surface area contributed by atoms with Crippen LogP contribution in [0.4, 0.5) is 0 Å². The molecule has 0 aliphatic carbocycles. The summed E-state index contributed by atoms with van der Waals surface area (Å²) in [5, 5.41) is 11.8. The van der Waals surface area contributed by atoms with Gasteiger partial charge in [0.2, 0.25) is 5.91 Å². The normalized spacial score (nSPS) is 13.3. The largest absolute Gasteiger partial charge is 0.396 e. The van der Waals surface area contributed by atoms with Crippen molar-refractivity contribution in [1.82, 2.24) is 5.32 Å². The van der Waals surface area contributed by atoms with Crippen LogP contribution in [-0.4, -0.2) is 24.2 Å². The fourth-order valence-electron chi connectivity index (χ4n) is 1.60. The van der Waals surface area contributed by atoms with E-state index in [1.165, 1.54) is 0 Å². The van der Waals surface area contributed by atoms with E-state index in [0.717, 1.165) is 12.8 Å². The number of aliphatic hydroxyl groups excluding tert-OH is 1. The Balaban J connectivity index is 3.89. The molecule has 0 radical (unpaired) electrons. The summed E-state index contributed by atoms with van der Waals surface area (Å²) in [6.07, 6.45) is 1.83. The SMILES string of the molecule is CC(C)CC(CCO)CNC(=O)C(C)C. The van der Waals surface area contributed by atoms with E-state index >= 15 is 0 Å². The van der Waals surface area contributed by atoms with E-state index < -0.39 is 0 Å². The van der Waals surface area contributed by atoms with Crippen molar-refractivity contribution in [3.63, 3.8) is 0 Å². The molecule has 0 saturated heterocycles. The van der Waals surface area contributed by atoms with Gasteiger partial charge in [-0.3, -0.25) is 4.79 Å². The predicted octanol–water partition coefficient (Wildman–Crippen LogP) is 1.80. The molecular weight excluding hydrogens is 190 g/mol. The lowest BCUT2D eigenvalue weighted by atomic mass is 9.94. The molecule has 0 heterocycles. The summed E-state index contributed by atoms with van der Waals surface area (Å²) >= 11 is 0. The van der Waals surface area contributed by atoms with Crippen LogP contribution in [0.3, 0.4) is 0 Å². The lowest BCUT2D eigenvalue weighted by Gasteiger charge is -2.19. The highest BCUT2D eigenvalue weighted by Crippen LogP contribution is 2.14. The summed E-state index contributed by atoms with van der Waals surface area (Å²) in [6.45, 7) is 8.99. The molecule has 0 aromatic rings. The van der Waals surface area contributed by atoms with Crippen LogP contribution < -0.4 is 5.32 Å². The number of hydrogen-bond acceptors (Lipinski definition) is 2. The third kappa shape index (κ3) is 7.37. The molecule has 0 rings (SSSR count). The van der Waals surface area contributed by atoms with Crippen molar-refractivity contribution >= 4 is 5.91 Å². The van der Waals surface area contributed by atoms with Gasteiger partial charge in [-0.1, -0.05) is 27.7 Å². The summed E-state index contributed by atoms with van der Waals surface area (Å²) in [5.41, 5.74) is 0. The molecular formula is C12H25NO2. The van der Waals surface area contributed by atoms with Gasteiger partial charge in [0, 0.05) is 19.1 Å². The van der Waals surface area contributed by atoms with E-state index in [1.807, 2.05) is 13.8 Å². The van der Waals surface area contributed by atoms with Crippen molar-refractivity contribution in [2.45, 2.75) is 40.5 Å². The number of hydrogen-bond donors (Lipinski definition) is 2. The molecule has 0 aliphatic heterocycles. The number of carbonyl (C=O) groups excluding carboxylic acids is 1. The van der Waals surface area contributed by atoms with E-state index in [9.17, 15) is 4.79 Å². The van der Waals surface area contributed by atoms with Gasteiger partial charge in [0.25, 0.3) is 0 Å². The Kier molecular flexibility index (Phi) is 7.39. The highest BCUT2D eigenvalue weighted by Gasteiger charge is 2.13. The van der Waals surface area contributed by atoms with Gasteiger partial charge in [-0.2, -0.15) is 0 Å². The Hall–Kier alpha value is -0.570. The van der Waals surface area contributed by atoms with Gasteiger partial charge < -0.3 is 10.4 Å². The molecule has 15 heavy (non-hydrogen) atoms. The summed E-state index contributed by atoms with van der Waals surface area (Å²) in [7, 11) is 0. The molecule has 0 aromatic heterocycles. The van der Waals surface area contributed by atoms with Crippen LogP contribution >= 0.6 is 0 Å². The zero-order chi connectivity index (χ0) is 11.8. The number of rotatable bonds is 7. The lowest BCUT2D eigenvalue weighted by molar-refractivity contribution is -0.124. The Morgan fingerprint density at radius 3 is 2.27 bits per heavy atom. The van der Waals surface area contributed by atoms with Crippen molar-refractivity contribution < 1.29 is 9.90 Å². The molecule has 0 saturated carbocycles. The van der Waals surface area contributed by atoms with Crippen molar-refractivity contribution in [3.8, 4) is 0 Å². The molecule has 2 N–H and O–H groups in total. The molecule has 0 spiro atoms. The minimum absolute atomic E-state index is 0.0406. The third-order valence-electron chi connectivity index (χ3n) is 2.43. The zero-order valence-electron chi connectivity index (χ0n) is 10.4. The fourth-order valence-corrected chi connectivity index (χ4v) is 1.60. The number of amides is 1. The monoisotopic (exact) mass is 215 g/mol. The first-order chi connectivity index (χ1) is 6.97.